The number of aromatic nitrogens is 2. The lowest BCUT2D eigenvalue weighted by Gasteiger charge is -2.03. The Labute approximate surface area is 205 Å². The zero-order chi connectivity index (χ0) is 22.2. The lowest BCUT2D eigenvalue weighted by atomic mass is 10.0. The van der Waals surface area contributed by atoms with Gasteiger partial charge in [0.15, 0.2) is 9.66 Å². The van der Waals surface area contributed by atoms with Crippen molar-refractivity contribution < 1.29 is 0 Å². The van der Waals surface area contributed by atoms with Crippen molar-refractivity contribution in [1.82, 2.24) is 9.97 Å². The van der Waals surface area contributed by atoms with Crippen LogP contribution in [0, 0.1) is 0 Å². The highest BCUT2D eigenvalue weighted by atomic mass is 32.1. The molecule has 0 saturated carbocycles. The van der Waals surface area contributed by atoms with Gasteiger partial charge in [-0.3, -0.25) is 0 Å². The zero-order valence-corrected chi connectivity index (χ0v) is 19.8. The summed E-state index contributed by atoms with van der Waals surface area (Å²) < 4.78 is 0. The highest BCUT2D eigenvalue weighted by molar-refractivity contribution is 7.29. The molecule has 0 bridgehead atoms. The monoisotopic (exact) mass is 470 g/mol. The van der Waals surface area contributed by atoms with E-state index >= 15 is 0 Å². The molecule has 0 aliphatic heterocycles. The van der Waals surface area contributed by atoms with Gasteiger partial charge >= 0.3 is 0 Å². The van der Waals surface area contributed by atoms with Crippen LogP contribution in [0.5, 0.6) is 0 Å². The quantitative estimate of drug-likeness (QED) is 0.254. The Morgan fingerprint density at radius 1 is 0.471 bits per heavy atom. The molecule has 2 aliphatic rings. The summed E-state index contributed by atoms with van der Waals surface area (Å²) in [6.07, 6.45) is 2.01. The van der Waals surface area contributed by atoms with Gasteiger partial charge < -0.3 is 0 Å². The van der Waals surface area contributed by atoms with Crippen LogP contribution in [-0.4, -0.2) is 9.97 Å². The minimum absolute atomic E-state index is 1.00. The van der Waals surface area contributed by atoms with Gasteiger partial charge in [-0.2, -0.15) is 0 Å². The highest BCUT2D eigenvalue weighted by Gasteiger charge is 2.21. The maximum Gasteiger partial charge on any atom is 0.155 e. The predicted octanol–water partition coefficient (Wildman–Crippen LogP) is 8.23. The SMILES string of the molecule is c1ccc2c(c1)Cc1cc(-c3nc4sc(-c5ccc6c(c5)Cc5ccccc5-6)nc4s3)ccc1-2. The molecule has 0 fully saturated rings. The van der Waals surface area contributed by atoms with E-state index < -0.39 is 0 Å². The van der Waals surface area contributed by atoms with E-state index in [0.717, 1.165) is 32.5 Å². The number of rotatable bonds is 2. The Morgan fingerprint density at radius 3 is 1.41 bits per heavy atom. The Bertz CT molecular complexity index is 1610. The first-order chi connectivity index (χ1) is 16.8. The Morgan fingerprint density at radius 2 is 0.912 bits per heavy atom. The van der Waals surface area contributed by atoms with Crippen molar-refractivity contribution in [3.63, 3.8) is 0 Å². The third-order valence-electron chi connectivity index (χ3n) is 7.06. The summed E-state index contributed by atoms with van der Waals surface area (Å²) >= 11 is 3.40. The van der Waals surface area contributed by atoms with Crippen molar-refractivity contribution in [2.45, 2.75) is 12.8 Å². The largest absolute Gasteiger partial charge is 0.223 e. The molecule has 8 rings (SSSR count). The summed E-state index contributed by atoms with van der Waals surface area (Å²) in [5.74, 6) is 0. The second-order valence-electron chi connectivity index (χ2n) is 9.06. The molecule has 0 N–H and O–H groups in total. The predicted molar refractivity (Wildman–Crippen MR) is 143 cm³/mol. The number of thiazole rings is 2. The number of nitrogens with zero attached hydrogens (tertiary/aromatic N) is 2. The van der Waals surface area contributed by atoms with Crippen LogP contribution < -0.4 is 0 Å². The summed E-state index contributed by atoms with van der Waals surface area (Å²) in [5, 5.41) is 2.12. The molecule has 0 atom stereocenters. The highest BCUT2D eigenvalue weighted by Crippen LogP contribution is 2.43. The first kappa shape index (κ1) is 18.8. The maximum atomic E-state index is 4.98. The van der Waals surface area contributed by atoms with E-state index in [0.29, 0.717) is 0 Å². The normalized spacial score (nSPS) is 13.1. The van der Waals surface area contributed by atoms with E-state index in [2.05, 4.69) is 84.9 Å². The number of fused-ring (bicyclic) bond motifs is 7. The molecule has 0 spiro atoms. The van der Waals surface area contributed by atoms with Crippen LogP contribution in [0.4, 0.5) is 0 Å². The smallest absolute Gasteiger partial charge is 0.155 e. The number of hydrogen-bond acceptors (Lipinski definition) is 4. The van der Waals surface area contributed by atoms with E-state index in [-0.39, 0.29) is 0 Å². The first-order valence-corrected chi connectivity index (χ1v) is 13.1. The van der Waals surface area contributed by atoms with Gasteiger partial charge in [0.2, 0.25) is 0 Å². The lowest BCUT2D eigenvalue weighted by molar-refractivity contribution is 1.26. The van der Waals surface area contributed by atoms with Crippen LogP contribution in [0.3, 0.4) is 0 Å². The molecule has 0 radical (unpaired) electrons. The third kappa shape index (κ3) is 2.73. The molecule has 4 aromatic carbocycles. The molecule has 2 aromatic heterocycles. The topological polar surface area (TPSA) is 25.8 Å². The van der Waals surface area contributed by atoms with Gasteiger partial charge in [-0.1, -0.05) is 95.5 Å². The zero-order valence-electron chi connectivity index (χ0n) is 18.2. The molecule has 0 amide bonds. The van der Waals surface area contributed by atoms with Gasteiger partial charge in [0.1, 0.15) is 10.0 Å². The van der Waals surface area contributed by atoms with Crippen molar-refractivity contribution in [3.8, 4) is 43.4 Å². The van der Waals surface area contributed by atoms with Crippen LogP contribution in [0.25, 0.3) is 53.1 Å². The van der Waals surface area contributed by atoms with Crippen LogP contribution in [-0.2, 0) is 12.8 Å². The second-order valence-corrected chi connectivity index (χ2v) is 11.0. The van der Waals surface area contributed by atoms with E-state index in [1.807, 2.05) is 0 Å². The number of hydrogen-bond donors (Lipinski definition) is 0. The third-order valence-corrected chi connectivity index (χ3v) is 9.18. The van der Waals surface area contributed by atoms with Crippen molar-refractivity contribution in [3.05, 3.63) is 107 Å². The Hall–Kier alpha value is -3.60. The molecule has 0 saturated heterocycles. The Balaban J connectivity index is 1.13. The second kappa shape index (κ2) is 6.95. The lowest BCUT2D eigenvalue weighted by Crippen LogP contribution is -1.83. The van der Waals surface area contributed by atoms with E-state index in [9.17, 15) is 0 Å². The molecule has 2 aliphatic carbocycles. The van der Waals surface area contributed by atoms with Crippen molar-refractivity contribution in [2.24, 2.45) is 0 Å². The van der Waals surface area contributed by atoms with Crippen LogP contribution >= 0.6 is 22.7 Å². The van der Waals surface area contributed by atoms with Gasteiger partial charge in [-0.25, -0.2) is 9.97 Å². The maximum absolute atomic E-state index is 4.98. The average molecular weight is 471 g/mol. The van der Waals surface area contributed by atoms with Crippen molar-refractivity contribution >= 4 is 32.3 Å². The van der Waals surface area contributed by atoms with Gasteiger partial charge in [0, 0.05) is 11.1 Å². The van der Waals surface area contributed by atoms with E-state index in [1.165, 1.54) is 55.6 Å². The molecular formula is C30H18N2S2. The fraction of sp³-hybridized carbons (Fsp3) is 0.0667. The minimum Gasteiger partial charge on any atom is -0.223 e. The van der Waals surface area contributed by atoms with Crippen molar-refractivity contribution in [2.75, 3.05) is 0 Å². The van der Waals surface area contributed by atoms with E-state index in [4.69, 9.17) is 9.97 Å². The molecule has 160 valence electrons. The summed E-state index contributed by atoms with van der Waals surface area (Å²) in [7, 11) is 0. The summed E-state index contributed by atoms with van der Waals surface area (Å²) in [4.78, 5) is 12.0. The van der Waals surface area contributed by atoms with Gasteiger partial charge in [-0.15, -0.1) is 0 Å². The summed E-state index contributed by atoms with van der Waals surface area (Å²) in [5.41, 5.74) is 13.5. The van der Waals surface area contributed by atoms with Crippen molar-refractivity contribution in [1.29, 1.82) is 0 Å². The van der Waals surface area contributed by atoms with Gasteiger partial charge in [0.05, 0.1) is 0 Å². The molecule has 6 aromatic rings. The van der Waals surface area contributed by atoms with E-state index in [1.54, 1.807) is 22.7 Å². The van der Waals surface area contributed by atoms with Crippen LogP contribution in [0.2, 0.25) is 0 Å². The minimum atomic E-state index is 1.00. The molecule has 34 heavy (non-hydrogen) atoms. The van der Waals surface area contributed by atoms with Crippen LogP contribution in [0.15, 0.2) is 84.9 Å². The molecule has 0 unspecified atom stereocenters. The fourth-order valence-corrected chi connectivity index (χ4v) is 7.48. The molecule has 2 heterocycles. The first-order valence-electron chi connectivity index (χ1n) is 11.5. The molecule has 2 nitrogen and oxygen atoms in total. The van der Waals surface area contributed by atoms with Gasteiger partial charge in [0.25, 0.3) is 0 Å². The molecule has 4 heteroatoms. The summed E-state index contributed by atoms with van der Waals surface area (Å²) in [6, 6.07) is 31.0. The summed E-state index contributed by atoms with van der Waals surface area (Å²) in [6.45, 7) is 0. The average Bonchev–Trinajstić information content (AvgIpc) is 3.62. The number of benzene rings is 4. The fourth-order valence-electron chi connectivity index (χ4n) is 5.45. The van der Waals surface area contributed by atoms with Crippen LogP contribution in [0.1, 0.15) is 22.3 Å². The molecular weight excluding hydrogens is 452 g/mol. The Kier molecular flexibility index (Phi) is 3.84. The standard InChI is InChI=1S/C30H18N2S2/c1-3-7-23-17(5-1)13-21-15-19(9-11-25(21)23)27-31-29-30(33-27)32-28(34-29)20-10-12-26-22(16-20)14-18-6-2-4-8-24(18)26/h1-12,15-16H,13-14H2. The van der Waals surface area contributed by atoms with Gasteiger partial charge in [-0.05, 0) is 69.5 Å².